The van der Waals surface area contributed by atoms with Gasteiger partial charge in [0.1, 0.15) is 11.6 Å². The molecule has 1 aliphatic rings. The Kier molecular flexibility index (Phi) is 3.71. The fraction of sp³-hybridized carbons (Fsp3) is 0.692. The molecule has 1 saturated carbocycles. The smallest absolute Gasteiger partial charge is 0.252 e. The number of aryl methyl sites for hydroxylation is 1. The maximum absolute atomic E-state index is 11.4. The number of aromatic nitrogens is 2. The van der Waals surface area contributed by atoms with Crippen molar-refractivity contribution >= 4 is 5.82 Å². The van der Waals surface area contributed by atoms with Crippen molar-refractivity contribution < 1.29 is 5.11 Å². The second-order valence-corrected chi connectivity index (χ2v) is 5.48. The molecule has 5 heteroatoms. The Morgan fingerprint density at radius 1 is 1.67 bits per heavy atom. The predicted molar refractivity (Wildman–Crippen MR) is 70.7 cm³/mol. The number of nitrogens with one attached hydrogen (secondary N) is 2. The van der Waals surface area contributed by atoms with Crippen molar-refractivity contribution in [3.8, 4) is 0 Å². The van der Waals surface area contributed by atoms with Crippen LogP contribution in [0, 0.1) is 12.8 Å². The Labute approximate surface area is 107 Å². The lowest BCUT2D eigenvalue weighted by molar-refractivity contribution is 0.149. The van der Waals surface area contributed by atoms with Crippen LogP contribution in [0.1, 0.15) is 38.4 Å². The molecule has 5 nitrogen and oxygen atoms in total. The fourth-order valence-electron chi connectivity index (χ4n) is 2.87. The lowest BCUT2D eigenvalue weighted by Crippen LogP contribution is -2.46. The number of nitrogens with zero attached hydrogens (tertiary/aromatic N) is 1. The van der Waals surface area contributed by atoms with Gasteiger partial charge in [-0.3, -0.25) is 4.79 Å². The van der Waals surface area contributed by atoms with E-state index in [4.69, 9.17) is 0 Å². The molecule has 0 aliphatic heterocycles. The number of aliphatic hydroxyl groups is 1. The maximum atomic E-state index is 11.4. The molecule has 2 atom stereocenters. The van der Waals surface area contributed by atoms with Crippen molar-refractivity contribution in [1.29, 1.82) is 0 Å². The van der Waals surface area contributed by atoms with E-state index in [2.05, 4.69) is 22.2 Å². The van der Waals surface area contributed by atoms with Crippen LogP contribution in [0.3, 0.4) is 0 Å². The number of aromatic amines is 1. The minimum absolute atomic E-state index is 0.0743. The number of aliphatic hydroxyl groups excluding tert-OH is 1. The summed E-state index contributed by atoms with van der Waals surface area (Å²) in [6, 6.07) is 1.45. The van der Waals surface area contributed by atoms with Crippen molar-refractivity contribution in [1.82, 2.24) is 9.97 Å². The summed E-state index contributed by atoms with van der Waals surface area (Å²) in [5.41, 5.74) is -0.493. The van der Waals surface area contributed by atoms with Crippen LogP contribution in [0.25, 0.3) is 0 Å². The van der Waals surface area contributed by atoms with Gasteiger partial charge < -0.3 is 15.4 Å². The van der Waals surface area contributed by atoms with E-state index in [1.807, 2.05) is 0 Å². The summed E-state index contributed by atoms with van der Waals surface area (Å²) in [5, 5.41) is 13.0. The molecule has 0 saturated heterocycles. The minimum atomic E-state index is -0.328. The quantitative estimate of drug-likeness (QED) is 0.759. The monoisotopic (exact) mass is 251 g/mol. The van der Waals surface area contributed by atoms with E-state index in [1.165, 1.54) is 12.5 Å². The van der Waals surface area contributed by atoms with Gasteiger partial charge in [-0.25, -0.2) is 4.98 Å². The van der Waals surface area contributed by atoms with Gasteiger partial charge in [0.05, 0.1) is 12.1 Å². The van der Waals surface area contributed by atoms with E-state index in [0.29, 0.717) is 17.6 Å². The van der Waals surface area contributed by atoms with E-state index >= 15 is 0 Å². The third-order valence-electron chi connectivity index (χ3n) is 3.65. The summed E-state index contributed by atoms with van der Waals surface area (Å²) < 4.78 is 0. The average Bonchev–Trinajstić information content (AvgIpc) is 2.27. The average molecular weight is 251 g/mol. The molecule has 1 aliphatic carbocycles. The Hall–Kier alpha value is -1.36. The summed E-state index contributed by atoms with van der Waals surface area (Å²) in [4.78, 5) is 18.3. The van der Waals surface area contributed by atoms with E-state index in [0.717, 1.165) is 19.3 Å². The lowest BCUT2D eigenvalue weighted by Gasteiger charge is -2.39. The van der Waals surface area contributed by atoms with Gasteiger partial charge in [-0.1, -0.05) is 19.8 Å². The third kappa shape index (κ3) is 2.90. The maximum Gasteiger partial charge on any atom is 0.252 e. The van der Waals surface area contributed by atoms with Crippen LogP contribution >= 0.6 is 0 Å². The number of H-pyrrole nitrogens is 1. The zero-order valence-electron chi connectivity index (χ0n) is 11.0. The topological polar surface area (TPSA) is 78.0 Å². The van der Waals surface area contributed by atoms with Gasteiger partial charge in [-0.2, -0.15) is 0 Å². The predicted octanol–water partition coefficient (Wildman–Crippen LogP) is 1.43. The molecule has 1 aromatic heterocycles. The van der Waals surface area contributed by atoms with Crippen molar-refractivity contribution in [3.05, 3.63) is 22.2 Å². The molecule has 0 spiro atoms. The normalized spacial score (nSPS) is 28.1. The van der Waals surface area contributed by atoms with E-state index in [1.54, 1.807) is 6.92 Å². The van der Waals surface area contributed by atoms with Gasteiger partial charge in [0, 0.05) is 6.07 Å². The fourth-order valence-corrected chi connectivity index (χ4v) is 2.87. The van der Waals surface area contributed by atoms with E-state index in [9.17, 15) is 9.90 Å². The molecule has 100 valence electrons. The molecule has 0 radical (unpaired) electrons. The van der Waals surface area contributed by atoms with Crippen LogP contribution < -0.4 is 10.9 Å². The Morgan fingerprint density at radius 3 is 3.06 bits per heavy atom. The van der Waals surface area contributed by atoms with Crippen LogP contribution in [-0.2, 0) is 0 Å². The molecule has 0 bridgehead atoms. The number of rotatable bonds is 3. The molecule has 0 amide bonds. The van der Waals surface area contributed by atoms with Gasteiger partial charge in [-0.05, 0) is 25.7 Å². The first-order valence-corrected chi connectivity index (χ1v) is 6.50. The second kappa shape index (κ2) is 5.10. The molecule has 2 rings (SSSR count). The molecule has 3 N–H and O–H groups in total. The molecule has 1 aromatic rings. The van der Waals surface area contributed by atoms with Crippen molar-refractivity contribution in [2.24, 2.45) is 5.92 Å². The largest absolute Gasteiger partial charge is 0.394 e. The van der Waals surface area contributed by atoms with Crippen LogP contribution in [-0.4, -0.2) is 27.2 Å². The molecule has 18 heavy (non-hydrogen) atoms. The van der Waals surface area contributed by atoms with Crippen LogP contribution in [0.15, 0.2) is 10.9 Å². The number of hydrogen-bond acceptors (Lipinski definition) is 4. The molecule has 1 heterocycles. The highest BCUT2D eigenvalue weighted by Crippen LogP contribution is 2.34. The van der Waals surface area contributed by atoms with Gasteiger partial charge >= 0.3 is 0 Å². The first-order chi connectivity index (χ1) is 8.53. The summed E-state index contributed by atoms with van der Waals surface area (Å²) >= 11 is 0. The zero-order valence-corrected chi connectivity index (χ0v) is 11.0. The van der Waals surface area contributed by atoms with Gasteiger partial charge in [-0.15, -0.1) is 0 Å². The highest BCUT2D eigenvalue weighted by atomic mass is 16.3. The van der Waals surface area contributed by atoms with Gasteiger partial charge in [0.25, 0.3) is 5.56 Å². The number of hydrogen-bond donors (Lipinski definition) is 3. The van der Waals surface area contributed by atoms with Crippen molar-refractivity contribution in [2.75, 3.05) is 11.9 Å². The summed E-state index contributed by atoms with van der Waals surface area (Å²) in [5.74, 6) is 1.72. The molecular weight excluding hydrogens is 230 g/mol. The molecule has 2 unspecified atom stereocenters. The van der Waals surface area contributed by atoms with Crippen molar-refractivity contribution in [2.45, 2.75) is 45.1 Å². The highest BCUT2D eigenvalue weighted by Gasteiger charge is 2.34. The first-order valence-electron chi connectivity index (χ1n) is 6.50. The zero-order chi connectivity index (χ0) is 13.2. The summed E-state index contributed by atoms with van der Waals surface area (Å²) in [7, 11) is 0. The second-order valence-electron chi connectivity index (χ2n) is 5.48. The highest BCUT2D eigenvalue weighted by molar-refractivity contribution is 5.37. The lowest BCUT2D eigenvalue weighted by atomic mass is 9.77. The Bertz CT molecular complexity index is 472. The Balaban J connectivity index is 2.21. The minimum Gasteiger partial charge on any atom is -0.394 e. The van der Waals surface area contributed by atoms with E-state index in [-0.39, 0.29) is 17.7 Å². The Morgan fingerprint density at radius 2 is 2.44 bits per heavy atom. The van der Waals surface area contributed by atoms with E-state index < -0.39 is 0 Å². The SMILES string of the molecule is Cc1nc(NC2(CO)CCCC(C)C2)cc(=O)[nH]1. The summed E-state index contributed by atoms with van der Waals surface area (Å²) in [6.07, 6.45) is 4.13. The molecular formula is C13H21N3O2. The number of anilines is 1. The van der Waals surface area contributed by atoms with Crippen LogP contribution in [0.2, 0.25) is 0 Å². The standard InChI is InChI=1S/C13H21N3O2/c1-9-4-3-5-13(7-9,8-17)16-11-6-12(18)15-10(2)14-11/h6,9,17H,3-5,7-8H2,1-2H3,(H2,14,15,16,18). The van der Waals surface area contributed by atoms with Crippen LogP contribution in [0.4, 0.5) is 5.82 Å². The molecule has 1 fully saturated rings. The van der Waals surface area contributed by atoms with Gasteiger partial charge in [0.2, 0.25) is 0 Å². The van der Waals surface area contributed by atoms with Gasteiger partial charge in [0.15, 0.2) is 0 Å². The van der Waals surface area contributed by atoms with Crippen molar-refractivity contribution in [3.63, 3.8) is 0 Å². The first kappa shape index (κ1) is 13.1. The molecule has 0 aromatic carbocycles. The summed E-state index contributed by atoms with van der Waals surface area (Å²) in [6.45, 7) is 4.02. The van der Waals surface area contributed by atoms with Crippen LogP contribution in [0.5, 0.6) is 0 Å². The third-order valence-corrected chi connectivity index (χ3v) is 3.65.